The normalized spacial score (nSPS) is 15.5. The predicted octanol–water partition coefficient (Wildman–Crippen LogP) is -3.55. The molecular weight excluding hydrogens is 622 g/mol. The van der Waals surface area contributed by atoms with Crippen LogP contribution in [0.1, 0.15) is 67.2 Å². The van der Waals surface area contributed by atoms with Crippen LogP contribution in [0.3, 0.4) is 0 Å². The van der Waals surface area contributed by atoms with Gasteiger partial charge in [0.25, 0.3) is 0 Å². The first-order chi connectivity index (χ1) is 21.7. The van der Waals surface area contributed by atoms with E-state index in [0.717, 1.165) is 6.92 Å². The van der Waals surface area contributed by atoms with E-state index in [0.29, 0.717) is 6.42 Å². The van der Waals surface area contributed by atoms with Gasteiger partial charge >= 0.3 is 11.9 Å². The van der Waals surface area contributed by atoms with Crippen LogP contribution in [0.25, 0.3) is 0 Å². The quantitative estimate of drug-likeness (QED) is 0.0320. The number of aliphatic hydroxyl groups is 1. The van der Waals surface area contributed by atoms with Crippen LogP contribution < -0.4 is 43.8 Å². The number of carbonyl (C=O) groups excluding carboxylic acids is 5. The van der Waals surface area contributed by atoms with E-state index in [1.54, 1.807) is 13.8 Å². The fourth-order valence-corrected chi connectivity index (χ4v) is 4.15. The second-order valence-electron chi connectivity index (χ2n) is 11.9. The minimum atomic E-state index is -1.70. The Balaban J connectivity index is 5.99. The van der Waals surface area contributed by atoms with Crippen molar-refractivity contribution in [1.82, 2.24) is 26.6 Å². The molecule has 0 aromatic rings. The van der Waals surface area contributed by atoms with Gasteiger partial charge in [0.15, 0.2) is 12.0 Å². The summed E-state index contributed by atoms with van der Waals surface area (Å²) in [5, 5.41) is 39.9. The molecule has 0 fully saturated rings. The lowest BCUT2D eigenvalue weighted by Gasteiger charge is -2.27. The predicted molar refractivity (Wildman–Crippen MR) is 169 cm³/mol. The highest BCUT2D eigenvalue weighted by atomic mass is 16.4. The van der Waals surface area contributed by atoms with Crippen molar-refractivity contribution in [3.05, 3.63) is 0 Å². The largest absolute Gasteiger partial charge is 0.481 e. The van der Waals surface area contributed by atoms with Gasteiger partial charge in [-0.05, 0) is 44.9 Å². The molecule has 0 spiro atoms. The summed E-state index contributed by atoms with van der Waals surface area (Å²) in [7, 11) is 0. The summed E-state index contributed by atoms with van der Waals surface area (Å²) in [6, 6.07) is -8.19. The lowest BCUT2D eigenvalue weighted by Crippen LogP contribution is -2.60. The number of nitrogens with two attached hydrogens (primary N) is 3. The van der Waals surface area contributed by atoms with Crippen LogP contribution in [0.2, 0.25) is 0 Å². The minimum Gasteiger partial charge on any atom is -0.481 e. The van der Waals surface area contributed by atoms with Crippen LogP contribution in [0.5, 0.6) is 0 Å². The molecule has 19 nitrogen and oxygen atoms in total. The third-order valence-corrected chi connectivity index (χ3v) is 6.70. The zero-order valence-electron chi connectivity index (χ0n) is 27.6. The molecule has 5 amide bonds. The summed E-state index contributed by atoms with van der Waals surface area (Å²) in [5.74, 6) is -8.00. The summed E-state index contributed by atoms with van der Waals surface area (Å²) in [5.41, 5.74) is 16.6. The van der Waals surface area contributed by atoms with E-state index in [4.69, 9.17) is 17.2 Å². The maximum atomic E-state index is 13.3. The van der Waals surface area contributed by atoms with Crippen molar-refractivity contribution in [2.45, 2.75) is 110 Å². The van der Waals surface area contributed by atoms with Crippen LogP contribution in [0.4, 0.5) is 0 Å². The fraction of sp³-hybridized carbons (Fsp3) is 0.714. The zero-order valence-corrected chi connectivity index (χ0v) is 27.6. The molecule has 0 heterocycles. The number of amides is 5. The highest BCUT2D eigenvalue weighted by Crippen LogP contribution is 2.08. The van der Waals surface area contributed by atoms with E-state index < -0.39 is 96.2 Å². The van der Waals surface area contributed by atoms with Crippen LogP contribution in [-0.2, 0) is 33.6 Å². The molecule has 268 valence electrons. The van der Waals surface area contributed by atoms with Crippen LogP contribution in [0, 0.1) is 11.8 Å². The summed E-state index contributed by atoms with van der Waals surface area (Å²) < 4.78 is 0. The number of carboxylic acid groups (broad SMARTS) is 2. The summed E-state index contributed by atoms with van der Waals surface area (Å²) in [6.07, 6.45) is -1.98. The molecule has 0 unspecified atom stereocenters. The number of aliphatic carboxylic acids is 2. The average Bonchev–Trinajstić information content (AvgIpc) is 2.93. The smallest absolute Gasteiger partial charge is 0.328 e. The highest BCUT2D eigenvalue weighted by Gasteiger charge is 2.34. The maximum absolute atomic E-state index is 13.3. The lowest BCUT2D eigenvalue weighted by atomic mass is 10.00. The Labute approximate surface area is 273 Å². The fourth-order valence-electron chi connectivity index (χ4n) is 4.15. The molecule has 7 atom stereocenters. The van der Waals surface area contributed by atoms with Gasteiger partial charge in [-0.1, -0.05) is 27.7 Å². The van der Waals surface area contributed by atoms with Crippen LogP contribution in [0.15, 0.2) is 4.99 Å². The average molecular weight is 674 g/mol. The van der Waals surface area contributed by atoms with Gasteiger partial charge < -0.3 is 59.1 Å². The number of rotatable bonds is 21. The van der Waals surface area contributed by atoms with Gasteiger partial charge in [-0.15, -0.1) is 0 Å². The standard InChI is InChI=1S/C28H51N9O10/c1-12(2)10-16(29)23(42)36-20(13(3)4)26(45)35-18(11-19(39)40)25(44)34-17(8-7-9-32-28(30)31)24(43)33-14(5)22(41)37-21(15(6)38)27(46)47/h12-18,20-21,38H,7-11,29H2,1-6H3,(H,33,43)(H,34,44)(H,35,45)(H,36,42)(H,37,41)(H,39,40)(H,46,47)(H4,30,31,32)/t14-,15+,16-,17-,18-,20-,21-/m0/s1. The maximum Gasteiger partial charge on any atom is 0.328 e. The molecule has 0 rings (SSSR count). The molecule has 0 saturated heterocycles. The molecule has 19 heteroatoms. The first-order valence-corrected chi connectivity index (χ1v) is 15.1. The Bertz CT molecular complexity index is 1140. The first kappa shape index (κ1) is 42.5. The zero-order chi connectivity index (χ0) is 36.6. The highest BCUT2D eigenvalue weighted by molar-refractivity contribution is 5.97. The van der Waals surface area contributed by atoms with Crippen LogP contribution in [-0.4, -0.2) is 112 Å². The Kier molecular flexibility index (Phi) is 18.6. The third kappa shape index (κ3) is 16.6. The number of aliphatic hydroxyl groups excluding tert-OH is 1. The molecule has 0 saturated carbocycles. The lowest BCUT2D eigenvalue weighted by molar-refractivity contribution is -0.145. The van der Waals surface area contributed by atoms with E-state index >= 15 is 0 Å². The van der Waals surface area contributed by atoms with Crippen LogP contribution >= 0.6 is 0 Å². The van der Waals surface area contributed by atoms with Crippen molar-refractivity contribution in [2.75, 3.05) is 6.54 Å². The number of nitrogens with zero attached hydrogens (tertiary/aromatic N) is 1. The summed E-state index contributed by atoms with van der Waals surface area (Å²) in [4.78, 5) is 91.6. The molecule has 0 aliphatic carbocycles. The van der Waals surface area contributed by atoms with Gasteiger partial charge in [0.05, 0.1) is 18.6 Å². The second kappa shape index (κ2) is 20.6. The van der Waals surface area contributed by atoms with Gasteiger partial charge in [-0.3, -0.25) is 33.8 Å². The second-order valence-corrected chi connectivity index (χ2v) is 11.9. The van der Waals surface area contributed by atoms with Gasteiger partial charge in [0, 0.05) is 6.54 Å². The van der Waals surface area contributed by atoms with Gasteiger partial charge in [-0.2, -0.15) is 0 Å². The Hall–Kier alpha value is -4.52. The molecule has 0 aliphatic rings. The number of guanidine groups is 1. The van der Waals surface area contributed by atoms with Crippen molar-refractivity contribution in [3.63, 3.8) is 0 Å². The minimum absolute atomic E-state index is 0.0384. The van der Waals surface area contributed by atoms with Crippen molar-refractivity contribution in [1.29, 1.82) is 0 Å². The number of carboxylic acids is 2. The van der Waals surface area contributed by atoms with E-state index in [9.17, 15) is 48.9 Å². The monoisotopic (exact) mass is 673 g/mol. The summed E-state index contributed by atoms with van der Waals surface area (Å²) >= 11 is 0. The number of hydrogen-bond acceptors (Lipinski definition) is 10. The number of aliphatic imine (C=N–C) groups is 1. The van der Waals surface area contributed by atoms with Gasteiger partial charge in [0.2, 0.25) is 29.5 Å². The van der Waals surface area contributed by atoms with Crippen molar-refractivity contribution in [3.8, 4) is 0 Å². The van der Waals surface area contributed by atoms with E-state index in [1.807, 2.05) is 13.8 Å². The molecule has 0 radical (unpaired) electrons. The van der Waals surface area contributed by atoms with Crippen molar-refractivity contribution < 1.29 is 48.9 Å². The Morgan fingerprint density at radius 1 is 0.702 bits per heavy atom. The van der Waals surface area contributed by atoms with E-state index in [2.05, 4.69) is 31.6 Å². The van der Waals surface area contributed by atoms with Crippen molar-refractivity contribution >= 4 is 47.4 Å². The molecule has 47 heavy (non-hydrogen) atoms. The summed E-state index contributed by atoms with van der Waals surface area (Å²) in [6.45, 7) is 9.40. The number of nitrogens with one attached hydrogen (secondary N) is 5. The Morgan fingerprint density at radius 2 is 1.23 bits per heavy atom. The molecule has 14 N–H and O–H groups in total. The molecular formula is C28H51N9O10. The molecule has 0 aromatic heterocycles. The molecule has 0 aromatic carbocycles. The first-order valence-electron chi connectivity index (χ1n) is 15.1. The third-order valence-electron chi connectivity index (χ3n) is 6.70. The van der Waals surface area contributed by atoms with Crippen molar-refractivity contribution in [2.24, 2.45) is 34.0 Å². The molecule has 0 bridgehead atoms. The molecule has 0 aliphatic heterocycles. The Morgan fingerprint density at radius 3 is 1.70 bits per heavy atom. The van der Waals surface area contributed by atoms with Gasteiger partial charge in [-0.25, -0.2) is 4.79 Å². The number of carbonyl (C=O) groups is 7. The van der Waals surface area contributed by atoms with Gasteiger partial charge in [0.1, 0.15) is 24.2 Å². The SMILES string of the molecule is CC(C)C[C@H](N)C(=O)N[C@H](C(=O)N[C@@H](CC(=O)O)C(=O)N[C@@H](CCCN=C(N)N)C(=O)N[C@@H](C)C(=O)N[C@H](C(=O)O)[C@@H](C)O)C(C)C. The van der Waals surface area contributed by atoms with E-state index in [1.165, 1.54) is 6.92 Å². The van der Waals surface area contributed by atoms with E-state index in [-0.39, 0.29) is 31.3 Å². The number of hydrogen-bond donors (Lipinski definition) is 11. The topological polar surface area (TPSA) is 331 Å².